The first-order chi connectivity index (χ1) is 7.49. The summed E-state index contributed by atoms with van der Waals surface area (Å²) in [7, 11) is 0. The molecule has 1 rings (SSSR count). The van der Waals surface area contributed by atoms with Crippen molar-refractivity contribution in [1.82, 2.24) is 10.3 Å². The predicted octanol–water partition coefficient (Wildman–Crippen LogP) is 2.99. The van der Waals surface area contributed by atoms with E-state index in [1.165, 1.54) is 11.3 Å². The lowest BCUT2D eigenvalue weighted by atomic mass is 10.1. The molecule has 0 aliphatic carbocycles. The quantitative estimate of drug-likeness (QED) is 0.850. The molecule has 1 unspecified atom stereocenters. The fourth-order valence-corrected chi connectivity index (χ4v) is 2.96. The summed E-state index contributed by atoms with van der Waals surface area (Å²) < 4.78 is 0. The van der Waals surface area contributed by atoms with Crippen LogP contribution in [-0.4, -0.2) is 22.3 Å². The first kappa shape index (κ1) is 13.6. The molecule has 1 aromatic rings. The van der Waals surface area contributed by atoms with Crippen LogP contribution in [0, 0.1) is 12.8 Å². The molecule has 16 heavy (non-hydrogen) atoms. The van der Waals surface area contributed by atoms with E-state index >= 15 is 0 Å². The molecule has 3 nitrogen and oxygen atoms in total. The Morgan fingerprint density at radius 2 is 2.31 bits per heavy atom. The third-order valence-corrected chi connectivity index (χ3v) is 3.67. The number of rotatable bonds is 5. The predicted molar refractivity (Wildman–Crippen MR) is 71.4 cm³/mol. The molecule has 1 heterocycles. The second kappa shape index (κ2) is 6.35. The van der Waals surface area contributed by atoms with Crippen molar-refractivity contribution in [3.63, 3.8) is 0 Å². The van der Waals surface area contributed by atoms with Gasteiger partial charge in [0.1, 0.15) is 4.88 Å². The fraction of sp³-hybridized carbons (Fsp3) is 0.636. The van der Waals surface area contributed by atoms with Crippen molar-refractivity contribution < 1.29 is 4.79 Å². The van der Waals surface area contributed by atoms with Gasteiger partial charge in [0, 0.05) is 11.4 Å². The molecule has 1 aromatic heterocycles. The zero-order chi connectivity index (χ0) is 12.1. The molecule has 0 aliphatic heterocycles. The average molecular weight is 305 g/mol. The number of carbonyl (C=O) groups is 1. The van der Waals surface area contributed by atoms with E-state index in [9.17, 15) is 4.79 Å². The summed E-state index contributed by atoms with van der Waals surface area (Å²) in [6.45, 7) is 6.90. The third-order valence-electron chi connectivity index (χ3n) is 2.06. The molecule has 0 fully saturated rings. The minimum Gasteiger partial charge on any atom is -0.350 e. The van der Waals surface area contributed by atoms with Crippen molar-refractivity contribution in [1.29, 1.82) is 0 Å². The number of nitrogens with one attached hydrogen (secondary N) is 1. The molecule has 0 spiro atoms. The van der Waals surface area contributed by atoms with Crippen LogP contribution in [0.1, 0.15) is 34.9 Å². The Labute approximate surface area is 109 Å². The number of hydrogen-bond donors (Lipinski definition) is 1. The summed E-state index contributed by atoms with van der Waals surface area (Å²) in [5.74, 6) is 0.603. The maximum atomic E-state index is 11.7. The first-order valence-electron chi connectivity index (χ1n) is 5.33. The van der Waals surface area contributed by atoms with Crippen LogP contribution in [0.2, 0.25) is 0 Å². The van der Waals surface area contributed by atoms with Crippen LogP contribution in [0.5, 0.6) is 0 Å². The van der Waals surface area contributed by atoms with Crippen molar-refractivity contribution in [3.05, 3.63) is 16.1 Å². The number of alkyl halides is 1. The summed E-state index contributed by atoms with van der Waals surface area (Å²) in [6.07, 6.45) is 2.68. The molecule has 90 valence electrons. The van der Waals surface area contributed by atoms with Crippen LogP contribution in [0.3, 0.4) is 0 Å². The summed E-state index contributed by atoms with van der Waals surface area (Å²) in [5.41, 5.74) is 0. The highest BCUT2D eigenvalue weighted by Gasteiger charge is 2.12. The number of nitrogens with zero attached hydrogens (tertiary/aromatic N) is 1. The smallest absolute Gasteiger partial charge is 0.263 e. The Balaban J connectivity index is 2.35. The Bertz CT molecular complexity index is 352. The molecule has 1 N–H and O–H groups in total. The number of aryl methyl sites for hydroxylation is 1. The zero-order valence-electron chi connectivity index (χ0n) is 9.79. The second-order valence-electron chi connectivity index (χ2n) is 4.18. The van der Waals surface area contributed by atoms with Gasteiger partial charge in [-0.1, -0.05) is 29.8 Å². The van der Waals surface area contributed by atoms with Crippen LogP contribution in [0.25, 0.3) is 0 Å². The van der Waals surface area contributed by atoms with Gasteiger partial charge >= 0.3 is 0 Å². The van der Waals surface area contributed by atoms with Gasteiger partial charge in [-0.05, 0) is 19.3 Å². The van der Waals surface area contributed by atoms with Gasteiger partial charge in [0.2, 0.25) is 0 Å². The molecule has 0 radical (unpaired) electrons. The minimum atomic E-state index is -0.0289. The SMILES string of the molecule is Cc1ncc(C(=O)NCC(Br)CC(C)C)s1. The summed E-state index contributed by atoms with van der Waals surface area (Å²) >= 11 is 4.98. The van der Waals surface area contributed by atoms with Crippen molar-refractivity contribution >= 4 is 33.2 Å². The largest absolute Gasteiger partial charge is 0.350 e. The van der Waals surface area contributed by atoms with E-state index < -0.39 is 0 Å². The van der Waals surface area contributed by atoms with Gasteiger partial charge in [-0.25, -0.2) is 4.98 Å². The monoisotopic (exact) mass is 304 g/mol. The Morgan fingerprint density at radius 1 is 1.62 bits per heavy atom. The van der Waals surface area contributed by atoms with Gasteiger partial charge < -0.3 is 5.32 Å². The maximum absolute atomic E-state index is 11.7. The summed E-state index contributed by atoms with van der Waals surface area (Å²) in [5, 5.41) is 3.82. The van der Waals surface area contributed by atoms with E-state index in [4.69, 9.17) is 0 Å². The summed E-state index contributed by atoms with van der Waals surface area (Å²) in [4.78, 5) is 16.8. The van der Waals surface area contributed by atoms with E-state index in [0.29, 0.717) is 22.2 Å². The van der Waals surface area contributed by atoms with E-state index in [1.807, 2.05) is 6.92 Å². The molecule has 5 heteroatoms. The molecule has 1 atom stereocenters. The highest BCUT2D eigenvalue weighted by molar-refractivity contribution is 9.09. The molecule has 0 saturated carbocycles. The lowest BCUT2D eigenvalue weighted by Crippen LogP contribution is -2.29. The fourth-order valence-electron chi connectivity index (χ4n) is 1.35. The molecule has 0 saturated heterocycles. The topological polar surface area (TPSA) is 42.0 Å². The highest BCUT2D eigenvalue weighted by Crippen LogP contribution is 2.13. The Kier molecular flexibility index (Phi) is 5.41. The number of halogens is 1. The molecule has 0 aromatic carbocycles. The van der Waals surface area contributed by atoms with E-state index in [2.05, 4.69) is 40.1 Å². The molecular formula is C11H17BrN2OS. The highest BCUT2D eigenvalue weighted by atomic mass is 79.9. The minimum absolute atomic E-state index is 0.0289. The van der Waals surface area contributed by atoms with E-state index in [0.717, 1.165) is 11.4 Å². The van der Waals surface area contributed by atoms with Crippen LogP contribution < -0.4 is 5.32 Å². The van der Waals surface area contributed by atoms with Crippen LogP contribution in [0.4, 0.5) is 0 Å². The van der Waals surface area contributed by atoms with Gasteiger partial charge in [0.15, 0.2) is 0 Å². The molecule has 0 aliphatic rings. The Morgan fingerprint density at radius 3 is 2.81 bits per heavy atom. The lowest BCUT2D eigenvalue weighted by molar-refractivity contribution is 0.0957. The first-order valence-corrected chi connectivity index (χ1v) is 7.07. The Hall–Kier alpha value is -0.420. The normalized spacial score (nSPS) is 12.8. The van der Waals surface area contributed by atoms with Crippen LogP contribution in [0.15, 0.2) is 6.20 Å². The number of hydrogen-bond acceptors (Lipinski definition) is 3. The number of aromatic nitrogens is 1. The maximum Gasteiger partial charge on any atom is 0.263 e. The van der Waals surface area contributed by atoms with Crippen molar-refractivity contribution in [2.75, 3.05) is 6.54 Å². The zero-order valence-corrected chi connectivity index (χ0v) is 12.2. The molecule has 1 amide bonds. The van der Waals surface area contributed by atoms with Crippen LogP contribution in [-0.2, 0) is 0 Å². The summed E-state index contributed by atoms with van der Waals surface area (Å²) in [6, 6.07) is 0. The van der Waals surface area contributed by atoms with Gasteiger partial charge in [-0.2, -0.15) is 0 Å². The van der Waals surface area contributed by atoms with Crippen molar-refractivity contribution in [3.8, 4) is 0 Å². The lowest BCUT2D eigenvalue weighted by Gasteiger charge is -2.12. The van der Waals surface area contributed by atoms with Crippen molar-refractivity contribution in [2.24, 2.45) is 5.92 Å². The third kappa shape index (κ3) is 4.61. The van der Waals surface area contributed by atoms with Gasteiger partial charge in [0.05, 0.1) is 11.2 Å². The van der Waals surface area contributed by atoms with E-state index in [-0.39, 0.29) is 5.91 Å². The standard InChI is InChI=1S/C11H17BrN2OS/c1-7(2)4-9(12)5-14-11(15)10-6-13-8(3)16-10/h6-7,9H,4-5H2,1-3H3,(H,14,15). The van der Waals surface area contributed by atoms with Gasteiger partial charge in [-0.15, -0.1) is 11.3 Å². The second-order valence-corrected chi connectivity index (χ2v) is 6.71. The average Bonchev–Trinajstić information content (AvgIpc) is 2.60. The van der Waals surface area contributed by atoms with E-state index in [1.54, 1.807) is 6.20 Å². The van der Waals surface area contributed by atoms with Gasteiger partial charge in [-0.3, -0.25) is 4.79 Å². The number of amides is 1. The van der Waals surface area contributed by atoms with Crippen molar-refractivity contribution in [2.45, 2.75) is 32.0 Å². The molecular weight excluding hydrogens is 288 g/mol. The number of carbonyl (C=O) groups excluding carboxylic acids is 1. The number of thiazole rings is 1. The van der Waals surface area contributed by atoms with Gasteiger partial charge in [0.25, 0.3) is 5.91 Å². The molecule has 0 bridgehead atoms. The van der Waals surface area contributed by atoms with Crippen LogP contribution >= 0.6 is 27.3 Å².